The second-order valence-corrected chi connectivity index (χ2v) is 7.34. The van der Waals surface area contributed by atoms with E-state index in [-0.39, 0.29) is 18.0 Å². The van der Waals surface area contributed by atoms with E-state index >= 15 is 0 Å². The normalized spacial score (nSPS) is 19.3. The molecule has 5 heteroatoms. The average molecular weight is 339 g/mol. The minimum atomic E-state index is -0.978. The quantitative estimate of drug-likeness (QED) is 0.783. The van der Waals surface area contributed by atoms with Crippen molar-refractivity contribution >= 4 is 6.03 Å². The molecule has 25 heavy (non-hydrogen) atoms. The van der Waals surface area contributed by atoms with Gasteiger partial charge >= 0.3 is 6.03 Å². The number of carbonyl (C=O) groups excluding carboxylic acids is 1. The molecule has 1 unspecified atom stereocenters. The Balaban J connectivity index is 1.54. The fourth-order valence-corrected chi connectivity index (χ4v) is 3.35. The van der Waals surface area contributed by atoms with Crippen molar-refractivity contribution in [3.05, 3.63) is 65.5 Å². The lowest BCUT2D eigenvalue weighted by Gasteiger charge is -2.27. The van der Waals surface area contributed by atoms with Crippen molar-refractivity contribution in [2.24, 2.45) is 0 Å². The highest BCUT2D eigenvalue weighted by atomic mass is 16.3. The molecule has 2 aromatic rings. The zero-order valence-corrected chi connectivity index (χ0v) is 14.7. The van der Waals surface area contributed by atoms with Crippen LogP contribution in [0.15, 0.2) is 48.8 Å². The largest absolute Gasteiger partial charge is 0.383 e. The number of amides is 2. The molecule has 5 nitrogen and oxygen atoms in total. The molecular formula is C20H25N3O2. The fourth-order valence-electron chi connectivity index (χ4n) is 3.35. The maximum Gasteiger partial charge on any atom is 0.314 e. The highest BCUT2D eigenvalue weighted by Crippen LogP contribution is 2.36. The topological polar surface area (TPSA) is 74.2 Å². The second-order valence-electron chi connectivity index (χ2n) is 7.34. The van der Waals surface area contributed by atoms with Crippen LogP contribution >= 0.6 is 0 Å². The molecule has 0 fully saturated rings. The molecular weight excluding hydrogens is 314 g/mol. The van der Waals surface area contributed by atoms with E-state index in [9.17, 15) is 9.90 Å². The van der Waals surface area contributed by atoms with Gasteiger partial charge in [0.2, 0.25) is 0 Å². The number of nitrogens with one attached hydrogen (secondary N) is 2. The Morgan fingerprint density at radius 3 is 2.68 bits per heavy atom. The molecule has 0 aliphatic heterocycles. The van der Waals surface area contributed by atoms with Crippen LogP contribution in [0.4, 0.5) is 4.79 Å². The van der Waals surface area contributed by atoms with Crippen molar-refractivity contribution in [2.75, 3.05) is 13.1 Å². The molecule has 3 rings (SSSR count). The van der Waals surface area contributed by atoms with Crippen LogP contribution in [0.1, 0.15) is 37.0 Å². The van der Waals surface area contributed by atoms with Crippen LogP contribution in [0.5, 0.6) is 0 Å². The van der Waals surface area contributed by atoms with Crippen molar-refractivity contribution in [2.45, 2.75) is 37.7 Å². The van der Waals surface area contributed by atoms with Crippen LogP contribution in [0, 0.1) is 0 Å². The Morgan fingerprint density at radius 2 is 1.92 bits per heavy atom. The number of benzene rings is 1. The summed E-state index contributed by atoms with van der Waals surface area (Å²) in [6, 6.07) is 11.5. The summed E-state index contributed by atoms with van der Waals surface area (Å²) < 4.78 is 0. The smallest absolute Gasteiger partial charge is 0.314 e. The first kappa shape index (κ1) is 17.4. The number of fused-ring (bicyclic) bond motifs is 1. The van der Waals surface area contributed by atoms with Crippen LogP contribution in [-0.4, -0.2) is 29.2 Å². The molecule has 0 radical (unpaired) electrons. The van der Waals surface area contributed by atoms with Gasteiger partial charge in [0, 0.05) is 24.4 Å². The average Bonchev–Trinajstić information content (AvgIpc) is 2.97. The molecule has 0 bridgehead atoms. The van der Waals surface area contributed by atoms with Gasteiger partial charge in [-0.25, -0.2) is 4.79 Å². The van der Waals surface area contributed by atoms with Gasteiger partial charge in [0.05, 0.1) is 6.54 Å². The van der Waals surface area contributed by atoms with Crippen molar-refractivity contribution in [3.8, 4) is 0 Å². The summed E-state index contributed by atoms with van der Waals surface area (Å²) in [5.74, 6) is 0. The fraction of sp³-hybridized carbons (Fsp3) is 0.400. The van der Waals surface area contributed by atoms with E-state index in [1.165, 1.54) is 0 Å². The standard InChI is InChI=1S/C20H25N3O2/c1-19(2,16-8-11-21-12-9-16)13-22-18(24)23-14-20(25)10-7-15-5-3-4-6-17(15)20/h3-6,8-9,11-12,25H,7,10,13-14H2,1-2H3,(H2,22,23,24). The summed E-state index contributed by atoms with van der Waals surface area (Å²) in [4.78, 5) is 16.2. The first-order valence-corrected chi connectivity index (χ1v) is 8.64. The Hall–Kier alpha value is -2.40. The van der Waals surface area contributed by atoms with Crippen LogP contribution in [0.25, 0.3) is 0 Å². The lowest BCUT2D eigenvalue weighted by molar-refractivity contribution is 0.0412. The first-order chi connectivity index (χ1) is 11.9. The van der Waals surface area contributed by atoms with Gasteiger partial charge < -0.3 is 15.7 Å². The van der Waals surface area contributed by atoms with E-state index in [0.29, 0.717) is 13.0 Å². The number of rotatable bonds is 5. The van der Waals surface area contributed by atoms with E-state index in [0.717, 1.165) is 23.1 Å². The molecule has 1 aliphatic carbocycles. The van der Waals surface area contributed by atoms with Gasteiger partial charge in [-0.05, 0) is 41.7 Å². The van der Waals surface area contributed by atoms with Gasteiger partial charge in [0.25, 0.3) is 0 Å². The van der Waals surface area contributed by atoms with Crippen LogP contribution < -0.4 is 10.6 Å². The van der Waals surface area contributed by atoms with Gasteiger partial charge in [-0.15, -0.1) is 0 Å². The second kappa shape index (κ2) is 6.84. The maximum absolute atomic E-state index is 12.2. The molecule has 3 N–H and O–H groups in total. The number of hydrogen-bond donors (Lipinski definition) is 3. The predicted molar refractivity (Wildman–Crippen MR) is 97.3 cm³/mol. The van der Waals surface area contributed by atoms with Gasteiger partial charge in [-0.3, -0.25) is 4.98 Å². The van der Waals surface area contributed by atoms with Crippen LogP contribution in [-0.2, 0) is 17.4 Å². The van der Waals surface area contributed by atoms with Crippen molar-refractivity contribution in [3.63, 3.8) is 0 Å². The molecule has 1 aliphatic rings. The first-order valence-electron chi connectivity index (χ1n) is 8.64. The van der Waals surface area contributed by atoms with Crippen molar-refractivity contribution < 1.29 is 9.90 Å². The predicted octanol–water partition coefficient (Wildman–Crippen LogP) is 2.49. The van der Waals surface area contributed by atoms with Crippen LogP contribution in [0.3, 0.4) is 0 Å². The summed E-state index contributed by atoms with van der Waals surface area (Å²) >= 11 is 0. The summed E-state index contributed by atoms with van der Waals surface area (Å²) in [5.41, 5.74) is 2.02. The number of aromatic nitrogens is 1. The number of carbonyl (C=O) groups is 1. The summed E-state index contributed by atoms with van der Waals surface area (Å²) in [5, 5.41) is 16.6. The number of hydrogen-bond acceptors (Lipinski definition) is 3. The third kappa shape index (κ3) is 3.82. The van der Waals surface area contributed by atoms with Crippen molar-refractivity contribution in [1.29, 1.82) is 0 Å². The highest BCUT2D eigenvalue weighted by Gasteiger charge is 2.36. The molecule has 2 amide bonds. The van der Waals surface area contributed by atoms with Gasteiger partial charge in [0.15, 0.2) is 0 Å². The molecule has 0 saturated carbocycles. The van der Waals surface area contributed by atoms with Gasteiger partial charge in [-0.2, -0.15) is 0 Å². The molecule has 132 valence electrons. The third-order valence-electron chi connectivity index (χ3n) is 5.02. The highest BCUT2D eigenvalue weighted by molar-refractivity contribution is 5.74. The van der Waals surface area contributed by atoms with E-state index in [2.05, 4.69) is 29.5 Å². The molecule has 1 aromatic carbocycles. The molecule has 0 spiro atoms. The third-order valence-corrected chi connectivity index (χ3v) is 5.02. The number of nitrogens with zero attached hydrogens (tertiary/aromatic N) is 1. The number of aryl methyl sites for hydroxylation is 1. The number of pyridine rings is 1. The van der Waals surface area contributed by atoms with Crippen molar-refractivity contribution in [1.82, 2.24) is 15.6 Å². The minimum absolute atomic E-state index is 0.197. The SMILES string of the molecule is CC(C)(CNC(=O)NCC1(O)CCc2ccccc21)c1ccncc1. The Labute approximate surface area is 148 Å². The van der Waals surface area contributed by atoms with E-state index in [4.69, 9.17) is 0 Å². The molecule has 0 saturated heterocycles. The maximum atomic E-state index is 12.2. The van der Waals surface area contributed by atoms with E-state index in [1.807, 2.05) is 36.4 Å². The van der Waals surface area contributed by atoms with Gasteiger partial charge in [-0.1, -0.05) is 38.1 Å². The number of aliphatic hydroxyl groups is 1. The molecule has 1 heterocycles. The Kier molecular flexibility index (Phi) is 4.77. The van der Waals surface area contributed by atoms with Crippen LogP contribution in [0.2, 0.25) is 0 Å². The lowest BCUT2D eigenvalue weighted by atomic mass is 9.85. The van der Waals surface area contributed by atoms with E-state index in [1.54, 1.807) is 12.4 Å². The Morgan fingerprint density at radius 1 is 1.20 bits per heavy atom. The zero-order chi connectivity index (χ0) is 17.9. The number of urea groups is 1. The Bertz CT molecular complexity index is 746. The van der Waals surface area contributed by atoms with Gasteiger partial charge in [0.1, 0.15) is 5.60 Å². The molecule has 1 atom stereocenters. The minimum Gasteiger partial charge on any atom is -0.383 e. The molecule has 1 aromatic heterocycles. The lowest BCUT2D eigenvalue weighted by Crippen LogP contribution is -2.46. The zero-order valence-electron chi connectivity index (χ0n) is 14.7. The monoisotopic (exact) mass is 339 g/mol. The summed E-state index contributed by atoms with van der Waals surface area (Å²) in [6.45, 7) is 4.86. The summed E-state index contributed by atoms with van der Waals surface area (Å²) in [6.07, 6.45) is 4.98. The summed E-state index contributed by atoms with van der Waals surface area (Å²) in [7, 11) is 0. The van der Waals surface area contributed by atoms with E-state index < -0.39 is 5.60 Å².